The topological polar surface area (TPSA) is 36.8 Å². The van der Waals surface area contributed by atoms with Crippen LogP contribution < -0.4 is 5.32 Å². The van der Waals surface area contributed by atoms with E-state index < -0.39 is 6.17 Å². The normalized spacial score (nSPS) is 13.7. The van der Waals surface area contributed by atoms with Gasteiger partial charge in [0.05, 0.1) is 0 Å². The number of fused-ring (bicyclic) bond motifs is 6. The van der Waals surface area contributed by atoms with Crippen molar-refractivity contribution in [1.82, 2.24) is 5.32 Å². The third-order valence-corrected chi connectivity index (χ3v) is 9.81. The minimum absolute atomic E-state index is 0.406. The highest BCUT2D eigenvalue weighted by molar-refractivity contribution is 7.26. The van der Waals surface area contributed by atoms with Crippen LogP contribution in [0.15, 0.2) is 162 Å². The molecule has 9 rings (SSSR count). The Morgan fingerprint density at radius 2 is 1.04 bits per heavy atom. The zero-order chi connectivity index (χ0) is 29.7. The largest absolute Gasteiger partial charge is 0.324 e. The minimum Gasteiger partial charge on any atom is -0.324 e. The molecule has 0 atom stereocenters. The van der Waals surface area contributed by atoms with E-state index in [0.717, 1.165) is 28.4 Å². The molecule has 0 aliphatic carbocycles. The summed E-state index contributed by atoms with van der Waals surface area (Å²) in [6, 6.07) is 53.9. The van der Waals surface area contributed by atoms with E-state index >= 15 is 0 Å². The molecule has 0 unspecified atom stereocenters. The van der Waals surface area contributed by atoms with E-state index in [0.29, 0.717) is 0 Å². The van der Waals surface area contributed by atoms with Gasteiger partial charge in [0.1, 0.15) is 11.7 Å². The van der Waals surface area contributed by atoms with Crippen molar-refractivity contribution in [2.45, 2.75) is 6.17 Å². The van der Waals surface area contributed by atoms with Crippen molar-refractivity contribution in [3.8, 4) is 11.1 Å². The van der Waals surface area contributed by atoms with Gasteiger partial charge < -0.3 is 5.32 Å². The van der Waals surface area contributed by atoms with E-state index in [-0.39, 0.29) is 0 Å². The van der Waals surface area contributed by atoms with Crippen LogP contribution in [0, 0.1) is 0 Å². The van der Waals surface area contributed by atoms with Gasteiger partial charge in [-0.2, -0.15) is 0 Å². The van der Waals surface area contributed by atoms with Crippen LogP contribution in [0.1, 0.15) is 22.9 Å². The van der Waals surface area contributed by atoms with Crippen LogP contribution in [0.25, 0.3) is 52.8 Å². The van der Waals surface area contributed by atoms with E-state index in [1.54, 1.807) is 0 Å². The second-order valence-corrected chi connectivity index (χ2v) is 12.5. The number of hydrogen-bond acceptors (Lipinski definition) is 4. The van der Waals surface area contributed by atoms with Crippen molar-refractivity contribution >= 4 is 64.7 Å². The zero-order valence-electron chi connectivity index (χ0n) is 24.3. The predicted molar refractivity (Wildman–Crippen MR) is 192 cm³/mol. The first-order chi connectivity index (χ1) is 22.3. The molecule has 0 saturated heterocycles. The second-order valence-electron chi connectivity index (χ2n) is 11.4. The molecule has 3 nitrogen and oxygen atoms in total. The molecule has 0 amide bonds. The summed E-state index contributed by atoms with van der Waals surface area (Å²) in [5.74, 6) is 1.65. The summed E-state index contributed by atoms with van der Waals surface area (Å²) >= 11 is 1.84. The van der Waals surface area contributed by atoms with Crippen LogP contribution in [0.5, 0.6) is 0 Å². The van der Waals surface area contributed by atoms with Crippen LogP contribution in [-0.2, 0) is 0 Å². The van der Waals surface area contributed by atoms with Gasteiger partial charge in [0.15, 0.2) is 6.17 Å². The maximum absolute atomic E-state index is 5.23. The third kappa shape index (κ3) is 4.42. The summed E-state index contributed by atoms with van der Waals surface area (Å²) < 4.78 is 2.52. The highest BCUT2D eigenvalue weighted by atomic mass is 32.1. The Morgan fingerprint density at radius 3 is 1.76 bits per heavy atom. The first-order valence-corrected chi connectivity index (χ1v) is 16.0. The molecule has 212 valence electrons. The van der Waals surface area contributed by atoms with E-state index in [2.05, 4.69) is 145 Å². The minimum atomic E-state index is -0.406. The quantitative estimate of drug-likeness (QED) is 0.203. The lowest BCUT2D eigenvalue weighted by Crippen LogP contribution is -2.35. The fraction of sp³-hybridized carbons (Fsp3) is 0.0244. The molecule has 4 heteroatoms. The maximum Gasteiger partial charge on any atom is 0.169 e. The van der Waals surface area contributed by atoms with Crippen molar-refractivity contribution < 1.29 is 0 Å². The average Bonchev–Trinajstić information content (AvgIpc) is 3.50. The summed E-state index contributed by atoms with van der Waals surface area (Å²) in [5.41, 5.74) is 5.59. The molecule has 1 aliphatic rings. The number of nitrogens with one attached hydrogen (secondary N) is 1. The van der Waals surface area contributed by atoms with E-state index in [1.807, 2.05) is 23.5 Å². The second kappa shape index (κ2) is 10.5. The summed E-state index contributed by atoms with van der Waals surface area (Å²) in [6.07, 6.45) is -0.406. The van der Waals surface area contributed by atoms with Crippen LogP contribution >= 0.6 is 11.3 Å². The Morgan fingerprint density at radius 1 is 0.467 bits per heavy atom. The highest BCUT2D eigenvalue weighted by Gasteiger charge is 2.23. The standard InChI is InChI=1S/C41H27N3S/c1-3-13-26(14-4-1)39-42-40(27-15-5-2-6-16-27)44-41(43-39)29-24-35(38-33-21-11-12-22-36(33)45-37(38)25-29)34-23-28-17-7-8-18-30(28)31-19-9-10-20-32(31)34/h1-25,41H,(H,42,43,44). The van der Waals surface area contributed by atoms with Gasteiger partial charge in [0.25, 0.3) is 0 Å². The fourth-order valence-electron chi connectivity index (χ4n) is 6.60. The van der Waals surface area contributed by atoms with Crippen molar-refractivity contribution in [1.29, 1.82) is 0 Å². The molecule has 8 aromatic rings. The molecule has 0 radical (unpaired) electrons. The number of thiophene rings is 1. The molecule has 0 fully saturated rings. The molecular weight excluding hydrogens is 567 g/mol. The Bertz CT molecular complexity index is 2400. The van der Waals surface area contributed by atoms with Gasteiger partial charge in [0, 0.05) is 36.9 Å². The van der Waals surface area contributed by atoms with Crippen molar-refractivity contribution in [3.05, 3.63) is 168 Å². The molecule has 45 heavy (non-hydrogen) atoms. The van der Waals surface area contributed by atoms with Crippen LogP contribution in [0.2, 0.25) is 0 Å². The molecule has 0 spiro atoms. The maximum atomic E-state index is 5.23. The Balaban J connectivity index is 1.34. The highest BCUT2D eigenvalue weighted by Crippen LogP contribution is 2.45. The van der Waals surface area contributed by atoms with Gasteiger partial charge in [-0.3, -0.25) is 0 Å². The predicted octanol–water partition coefficient (Wildman–Crippen LogP) is 10.5. The van der Waals surface area contributed by atoms with Gasteiger partial charge in [-0.05, 0) is 56.9 Å². The lowest BCUT2D eigenvalue weighted by Gasteiger charge is -2.23. The molecule has 2 heterocycles. The summed E-state index contributed by atoms with van der Waals surface area (Å²) in [5, 5.41) is 11.1. The van der Waals surface area contributed by atoms with Crippen molar-refractivity contribution in [2.75, 3.05) is 0 Å². The molecule has 0 bridgehead atoms. The third-order valence-electron chi connectivity index (χ3n) is 8.69. The van der Waals surface area contributed by atoms with Crippen LogP contribution in [-0.4, -0.2) is 11.7 Å². The Hall–Kier alpha value is -5.58. The summed E-state index contributed by atoms with van der Waals surface area (Å²) in [6.45, 7) is 0. The van der Waals surface area contributed by atoms with Gasteiger partial charge in [-0.15, -0.1) is 11.3 Å². The van der Waals surface area contributed by atoms with Gasteiger partial charge in [-0.1, -0.05) is 127 Å². The van der Waals surface area contributed by atoms with Gasteiger partial charge in [0.2, 0.25) is 0 Å². The number of nitrogens with zero attached hydrogens (tertiary/aromatic N) is 2. The average molecular weight is 594 g/mol. The SMILES string of the molecule is c1ccc(C2=NC(c3cc(-c4cc5ccccc5c5ccccc45)c4c(c3)sc3ccccc34)N=C(c3ccccc3)N2)cc1. The first kappa shape index (κ1) is 25.9. The van der Waals surface area contributed by atoms with Crippen LogP contribution in [0.3, 0.4) is 0 Å². The summed E-state index contributed by atoms with van der Waals surface area (Å²) in [7, 11) is 0. The number of amidine groups is 2. The van der Waals surface area contributed by atoms with E-state index in [4.69, 9.17) is 9.98 Å². The number of rotatable bonds is 4. The number of aliphatic imine (C=N–C) groups is 2. The molecule has 1 N–H and O–H groups in total. The lowest BCUT2D eigenvalue weighted by molar-refractivity contribution is 0.757. The first-order valence-electron chi connectivity index (χ1n) is 15.2. The van der Waals surface area contributed by atoms with Gasteiger partial charge >= 0.3 is 0 Å². The monoisotopic (exact) mass is 593 g/mol. The van der Waals surface area contributed by atoms with E-state index in [9.17, 15) is 0 Å². The Kier molecular flexibility index (Phi) is 6.06. The smallest absolute Gasteiger partial charge is 0.169 e. The van der Waals surface area contributed by atoms with E-state index in [1.165, 1.54) is 52.8 Å². The van der Waals surface area contributed by atoms with Crippen molar-refractivity contribution in [2.24, 2.45) is 9.98 Å². The number of hydrogen-bond donors (Lipinski definition) is 1. The van der Waals surface area contributed by atoms with Gasteiger partial charge in [-0.25, -0.2) is 9.98 Å². The molecule has 1 aromatic heterocycles. The fourth-order valence-corrected chi connectivity index (χ4v) is 7.78. The molecule has 1 aliphatic heterocycles. The lowest BCUT2D eigenvalue weighted by atomic mass is 9.90. The number of benzene rings is 7. The molecular formula is C41H27N3S. The zero-order valence-corrected chi connectivity index (χ0v) is 25.1. The molecule has 7 aromatic carbocycles. The van der Waals surface area contributed by atoms with Crippen molar-refractivity contribution in [3.63, 3.8) is 0 Å². The summed E-state index contributed by atoms with van der Waals surface area (Å²) in [4.78, 5) is 10.5. The Labute approximate surface area is 264 Å². The molecule has 0 saturated carbocycles. The van der Waals surface area contributed by atoms with Crippen LogP contribution in [0.4, 0.5) is 0 Å².